The Morgan fingerprint density at radius 3 is 2.44 bits per heavy atom. The predicted octanol–water partition coefficient (Wildman–Crippen LogP) is 3.37. The van der Waals surface area contributed by atoms with Crippen LogP contribution in [0.15, 0.2) is 29.2 Å². The highest BCUT2D eigenvalue weighted by molar-refractivity contribution is 7.89. The number of halogens is 2. The average molecular weight is 310 g/mol. The fourth-order valence-corrected chi connectivity index (χ4v) is 3.44. The first-order chi connectivity index (χ1) is 8.50. The Labute approximate surface area is 119 Å². The molecule has 1 aromatic rings. The number of alkyl halides is 1. The van der Waals surface area contributed by atoms with Crippen molar-refractivity contribution >= 4 is 33.2 Å². The number of hydrogen-bond acceptors (Lipinski definition) is 2. The van der Waals surface area contributed by atoms with E-state index in [-0.39, 0.29) is 9.92 Å². The topological polar surface area (TPSA) is 37.4 Å². The molecule has 3 nitrogen and oxygen atoms in total. The van der Waals surface area contributed by atoms with Crippen LogP contribution >= 0.6 is 23.2 Å². The van der Waals surface area contributed by atoms with E-state index in [2.05, 4.69) is 0 Å². The molecule has 102 valence electrons. The molecule has 18 heavy (non-hydrogen) atoms. The predicted molar refractivity (Wildman–Crippen MR) is 75.8 cm³/mol. The molecule has 0 aliphatic rings. The van der Waals surface area contributed by atoms with Gasteiger partial charge in [-0.25, -0.2) is 12.7 Å². The van der Waals surface area contributed by atoms with Gasteiger partial charge in [-0.2, -0.15) is 0 Å². The van der Waals surface area contributed by atoms with Crippen molar-refractivity contribution in [3.8, 4) is 0 Å². The molecule has 0 aliphatic heterocycles. The highest BCUT2D eigenvalue weighted by Crippen LogP contribution is 2.23. The summed E-state index contributed by atoms with van der Waals surface area (Å²) in [7, 11) is -1.92. The van der Waals surface area contributed by atoms with Crippen molar-refractivity contribution in [3.63, 3.8) is 0 Å². The van der Waals surface area contributed by atoms with Crippen LogP contribution < -0.4 is 0 Å². The van der Waals surface area contributed by atoms with E-state index in [0.717, 1.165) is 19.3 Å². The normalized spacial score (nSPS) is 12.0. The molecule has 6 heteroatoms. The lowest BCUT2D eigenvalue weighted by molar-refractivity contribution is 0.454. The van der Waals surface area contributed by atoms with E-state index in [1.807, 2.05) is 0 Å². The Kier molecular flexibility index (Phi) is 6.43. The number of nitrogens with zero attached hydrogens (tertiary/aromatic N) is 1. The maximum atomic E-state index is 12.2. The second-order valence-corrected chi connectivity index (χ2v) is 6.81. The van der Waals surface area contributed by atoms with E-state index in [1.54, 1.807) is 25.2 Å². The van der Waals surface area contributed by atoms with E-state index in [1.165, 1.54) is 10.4 Å². The van der Waals surface area contributed by atoms with E-state index in [0.29, 0.717) is 12.4 Å². The zero-order valence-electron chi connectivity index (χ0n) is 10.3. The Morgan fingerprint density at radius 2 is 1.83 bits per heavy atom. The minimum Gasteiger partial charge on any atom is -0.207 e. The molecule has 0 atom stereocenters. The largest absolute Gasteiger partial charge is 0.244 e. The Morgan fingerprint density at radius 1 is 1.17 bits per heavy atom. The molecule has 1 rings (SSSR count). The summed E-state index contributed by atoms with van der Waals surface area (Å²) in [6.07, 6.45) is 2.63. The van der Waals surface area contributed by atoms with Gasteiger partial charge in [0.25, 0.3) is 0 Å². The molecule has 0 amide bonds. The lowest BCUT2D eigenvalue weighted by Gasteiger charge is -2.17. The van der Waals surface area contributed by atoms with Crippen molar-refractivity contribution in [1.82, 2.24) is 4.31 Å². The van der Waals surface area contributed by atoms with Crippen LogP contribution in [0.1, 0.15) is 19.3 Å². The van der Waals surface area contributed by atoms with Gasteiger partial charge in [-0.3, -0.25) is 0 Å². The van der Waals surface area contributed by atoms with Crippen molar-refractivity contribution < 1.29 is 8.42 Å². The van der Waals surface area contributed by atoms with Gasteiger partial charge in [-0.1, -0.05) is 30.2 Å². The fourth-order valence-electron chi connectivity index (χ4n) is 1.55. The minimum absolute atomic E-state index is 0.159. The number of sulfonamides is 1. The third kappa shape index (κ3) is 4.12. The van der Waals surface area contributed by atoms with Crippen molar-refractivity contribution in [3.05, 3.63) is 29.3 Å². The van der Waals surface area contributed by atoms with Gasteiger partial charge in [-0.15, -0.1) is 11.6 Å². The summed E-state index contributed by atoms with van der Waals surface area (Å²) in [6, 6.07) is 6.48. The van der Waals surface area contributed by atoms with Gasteiger partial charge in [0.15, 0.2) is 0 Å². The second-order valence-electron chi connectivity index (χ2n) is 4.01. The molecule has 0 heterocycles. The van der Waals surface area contributed by atoms with Crippen LogP contribution in [0.2, 0.25) is 5.02 Å². The summed E-state index contributed by atoms with van der Waals surface area (Å²) < 4.78 is 25.8. The van der Waals surface area contributed by atoms with Crippen LogP contribution in [-0.2, 0) is 10.0 Å². The van der Waals surface area contributed by atoms with Gasteiger partial charge in [0.05, 0.1) is 5.02 Å². The molecule has 0 saturated heterocycles. The SMILES string of the molecule is CN(CCCCCCl)S(=O)(=O)c1ccccc1Cl. The van der Waals surface area contributed by atoms with Crippen LogP contribution in [-0.4, -0.2) is 32.2 Å². The summed E-state index contributed by atoms with van der Waals surface area (Å²) >= 11 is 11.5. The highest BCUT2D eigenvalue weighted by Gasteiger charge is 2.22. The van der Waals surface area contributed by atoms with E-state index in [4.69, 9.17) is 23.2 Å². The number of benzene rings is 1. The van der Waals surface area contributed by atoms with E-state index in [9.17, 15) is 8.42 Å². The molecule has 0 saturated carbocycles. The first-order valence-corrected chi connectivity index (χ1v) is 8.12. The van der Waals surface area contributed by atoms with Gasteiger partial charge in [0.1, 0.15) is 4.90 Å². The second kappa shape index (κ2) is 7.34. The van der Waals surface area contributed by atoms with Crippen LogP contribution in [0.25, 0.3) is 0 Å². The van der Waals surface area contributed by atoms with E-state index >= 15 is 0 Å². The molecule has 0 aromatic heterocycles. The molecule has 0 bridgehead atoms. The van der Waals surface area contributed by atoms with Gasteiger partial charge >= 0.3 is 0 Å². The standard InChI is InChI=1S/C12H17Cl2NO2S/c1-15(10-6-2-5-9-13)18(16,17)12-8-4-3-7-11(12)14/h3-4,7-8H,2,5-6,9-10H2,1H3. The first-order valence-electron chi connectivity index (χ1n) is 5.77. The zero-order chi connectivity index (χ0) is 13.6. The molecular weight excluding hydrogens is 293 g/mol. The molecule has 1 aromatic carbocycles. The molecule has 0 radical (unpaired) electrons. The monoisotopic (exact) mass is 309 g/mol. The number of unbranched alkanes of at least 4 members (excludes halogenated alkanes) is 2. The average Bonchev–Trinajstić information content (AvgIpc) is 2.34. The quantitative estimate of drug-likeness (QED) is 0.572. The van der Waals surface area contributed by atoms with Crippen LogP contribution in [0.5, 0.6) is 0 Å². The first kappa shape index (κ1) is 15.8. The summed E-state index contributed by atoms with van der Waals surface area (Å²) in [6.45, 7) is 0.477. The molecule has 0 N–H and O–H groups in total. The molecule has 0 aliphatic carbocycles. The van der Waals surface area contributed by atoms with Crippen LogP contribution in [0.4, 0.5) is 0 Å². The zero-order valence-corrected chi connectivity index (χ0v) is 12.6. The van der Waals surface area contributed by atoms with E-state index < -0.39 is 10.0 Å². The van der Waals surface area contributed by atoms with Crippen molar-refractivity contribution in [2.24, 2.45) is 0 Å². The lowest BCUT2D eigenvalue weighted by atomic mass is 10.2. The van der Waals surface area contributed by atoms with Gasteiger partial charge < -0.3 is 0 Å². The van der Waals surface area contributed by atoms with Crippen molar-refractivity contribution in [2.45, 2.75) is 24.2 Å². The molecular formula is C12H17Cl2NO2S. The summed E-state index contributed by atoms with van der Waals surface area (Å²) in [4.78, 5) is 0.159. The Bertz CT molecular complexity index is 477. The third-order valence-corrected chi connectivity index (χ3v) is 5.26. The maximum Gasteiger partial charge on any atom is 0.244 e. The lowest BCUT2D eigenvalue weighted by Crippen LogP contribution is -2.28. The Hall–Kier alpha value is -0.290. The van der Waals surface area contributed by atoms with Crippen LogP contribution in [0.3, 0.4) is 0 Å². The molecule has 0 fully saturated rings. The smallest absolute Gasteiger partial charge is 0.207 e. The molecule has 0 spiro atoms. The maximum absolute atomic E-state index is 12.2. The van der Waals surface area contributed by atoms with Crippen LogP contribution in [0, 0.1) is 0 Å². The summed E-state index contributed by atoms with van der Waals surface area (Å²) in [5, 5.41) is 0.255. The van der Waals surface area contributed by atoms with Gasteiger partial charge in [0.2, 0.25) is 10.0 Å². The summed E-state index contributed by atoms with van der Waals surface area (Å²) in [5.41, 5.74) is 0. The third-order valence-electron chi connectivity index (χ3n) is 2.63. The molecule has 0 unspecified atom stereocenters. The van der Waals surface area contributed by atoms with Gasteiger partial charge in [0, 0.05) is 19.5 Å². The fraction of sp³-hybridized carbons (Fsp3) is 0.500. The highest BCUT2D eigenvalue weighted by atomic mass is 35.5. The minimum atomic E-state index is -3.49. The number of rotatable bonds is 7. The Balaban J connectivity index is 2.72. The summed E-state index contributed by atoms with van der Waals surface area (Å²) in [5.74, 6) is 0.612. The number of hydrogen-bond donors (Lipinski definition) is 0. The van der Waals surface area contributed by atoms with Gasteiger partial charge in [-0.05, 0) is 25.0 Å². The van der Waals surface area contributed by atoms with Crippen molar-refractivity contribution in [2.75, 3.05) is 19.5 Å². The van der Waals surface area contributed by atoms with Crippen molar-refractivity contribution in [1.29, 1.82) is 0 Å².